The van der Waals surface area contributed by atoms with Gasteiger partial charge in [0.1, 0.15) is 23.9 Å². The summed E-state index contributed by atoms with van der Waals surface area (Å²) < 4.78 is 0. The molecule has 0 spiro atoms. The number of benzene rings is 1. The number of phenolic OH excluding ortho intramolecular Hbond substituents is 1. The molecule has 1 aromatic carbocycles. The van der Waals surface area contributed by atoms with E-state index in [9.17, 15) is 29.4 Å². The third-order valence-electron chi connectivity index (χ3n) is 5.65. The van der Waals surface area contributed by atoms with Gasteiger partial charge in [-0.25, -0.2) is 9.78 Å². The van der Waals surface area contributed by atoms with Crippen LogP contribution < -0.4 is 33.2 Å². The van der Waals surface area contributed by atoms with Crippen molar-refractivity contribution in [2.75, 3.05) is 6.54 Å². The van der Waals surface area contributed by atoms with Gasteiger partial charge in [-0.05, 0) is 43.9 Å². The molecule has 1 heterocycles. The number of rotatable bonds is 15. The topological polar surface area (TPSA) is 264 Å². The standard InChI is InChI=1S/C24H35N9O6/c1-13(20(35)33-19(23(38)39)10-15-11-28-12-30-15)31-22(37)18(3-2-8-29-24(26)27)32-21(36)17(25)9-14-4-6-16(34)7-5-14/h4-7,11-13,17-19,34H,2-3,8-10,25H2,1H3,(H,28,30)(H,31,37)(H,32,36)(H,33,35)(H,38,39)(H4,26,27,29). The van der Waals surface area contributed by atoms with Crippen molar-refractivity contribution in [3.05, 3.63) is 48.0 Å². The summed E-state index contributed by atoms with van der Waals surface area (Å²) in [6, 6.07) is 1.73. The van der Waals surface area contributed by atoms with Crippen LogP contribution in [0.15, 0.2) is 41.8 Å². The minimum atomic E-state index is -1.26. The molecule has 212 valence electrons. The summed E-state index contributed by atoms with van der Waals surface area (Å²) in [6.07, 6.45) is 3.40. The number of carbonyl (C=O) groups is 4. The van der Waals surface area contributed by atoms with Gasteiger partial charge in [0.2, 0.25) is 17.7 Å². The molecule has 0 saturated carbocycles. The summed E-state index contributed by atoms with van der Waals surface area (Å²) in [4.78, 5) is 60.5. The number of aliphatic carboxylic acids is 1. The third-order valence-corrected chi connectivity index (χ3v) is 5.65. The second kappa shape index (κ2) is 14.9. The number of H-pyrrole nitrogens is 1. The molecule has 12 N–H and O–H groups in total. The number of carboxylic acid groups (broad SMARTS) is 1. The van der Waals surface area contributed by atoms with Crippen LogP contribution in [0.3, 0.4) is 0 Å². The minimum Gasteiger partial charge on any atom is -0.508 e. The number of aromatic amines is 1. The molecule has 2 aromatic rings. The first-order chi connectivity index (χ1) is 18.5. The maximum Gasteiger partial charge on any atom is 0.326 e. The molecular weight excluding hydrogens is 510 g/mol. The Bertz CT molecular complexity index is 1130. The molecular formula is C24H35N9O6. The van der Waals surface area contributed by atoms with E-state index >= 15 is 0 Å². The number of nitrogens with one attached hydrogen (secondary N) is 4. The van der Waals surface area contributed by atoms with E-state index in [0.717, 1.165) is 0 Å². The van der Waals surface area contributed by atoms with E-state index in [1.54, 1.807) is 12.1 Å². The van der Waals surface area contributed by atoms with Crippen LogP contribution in [0.25, 0.3) is 0 Å². The molecule has 1 aromatic heterocycles. The molecule has 0 fully saturated rings. The maximum absolute atomic E-state index is 13.0. The van der Waals surface area contributed by atoms with E-state index in [0.29, 0.717) is 17.7 Å². The highest BCUT2D eigenvalue weighted by Gasteiger charge is 2.28. The smallest absolute Gasteiger partial charge is 0.326 e. The highest BCUT2D eigenvalue weighted by Crippen LogP contribution is 2.11. The molecule has 15 heteroatoms. The predicted molar refractivity (Wildman–Crippen MR) is 141 cm³/mol. The molecule has 3 amide bonds. The Kier molecular flexibility index (Phi) is 11.7. The fourth-order valence-electron chi connectivity index (χ4n) is 3.52. The lowest BCUT2D eigenvalue weighted by molar-refractivity contribution is -0.142. The summed E-state index contributed by atoms with van der Waals surface area (Å²) in [6.45, 7) is 1.59. The van der Waals surface area contributed by atoms with Crippen molar-refractivity contribution < 1.29 is 29.4 Å². The second-order valence-electron chi connectivity index (χ2n) is 8.90. The molecule has 0 saturated heterocycles. The Labute approximate surface area is 224 Å². The maximum atomic E-state index is 13.0. The fourth-order valence-corrected chi connectivity index (χ4v) is 3.52. The lowest BCUT2D eigenvalue weighted by Crippen LogP contribution is -2.56. The van der Waals surface area contributed by atoms with E-state index < -0.39 is 47.9 Å². The number of amides is 3. The van der Waals surface area contributed by atoms with Gasteiger partial charge in [-0.15, -0.1) is 0 Å². The van der Waals surface area contributed by atoms with Gasteiger partial charge in [0.05, 0.1) is 12.4 Å². The number of phenols is 1. The number of imidazole rings is 1. The van der Waals surface area contributed by atoms with Gasteiger partial charge >= 0.3 is 5.97 Å². The van der Waals surface area contributed by atoms with Gasteiger partial charge < -0.3 is 48.3 Å². The van der Waals surface area contributed by atoms with Crippen LogP contribution in [0, 0.1) is 0 Å². The van der Waals surface area contributed by atoms with Gasteiger partial charge in [0.15, 0.2) is 5.96 Å². The zero-order valence-corrected chi connectivity index (χ0v) is 21.5. The van der Waals surface area contributed by atoms with Gasteiger partial charge in [0.25, 0.3) is 0 Å². The van der Waals surface area contributed by atoms with E-state index in [1.807, 2.05) is 0 Å². The fraction of sp³-hybridized carbons (Fsp3) is 0.417. The van der Waals surface area contributed by atoms with E-state index in [-0.39, 0.29) is 37.5 Å². The van der Waals surface area contributed by atoms with Crippen molar-refractivity contribution >= 4 is 29.7 Å². The predicted octanol–water partition coefficient (Wildman–Crippen LogP) is -2.16. The lowest BCUT2D eigenvalue weighted by Gasteiger charge is -2.23. The summed E-state index contributed by atoms with van der Waals surface area (Å²) in [5.74, 6) is -3.32. The molecule has 4 unspecified atom stereocenters. The normalized spacial score (nSPS) is 13.8. The number of aromatic hydroxyl groups is 1. The number of aromatic nitrogens is 2. The number of nitrogens with two attached hydrogens (primary N) is 3. The largest absolute Gasteiger partial charge is 0.508 e. The minimum absolute atomic E-state index is 0.0376. The van der Waals surface area contributed by atoms with E-state index in [2.05, 4.69) is 30.9 Å². The van der Waals surface area contributed by atoms with E-state index in [1.165, 1.54) is 31.6 Å². The van der Waals surface area contributed by atoms with Crippen LogP contribution in [0.5, 0.6) is 5.75 Å². The third kappa shape index (κ3) is 10.7. The molecule has 15 nitrogen and oxygen atoms in total. The highest BCUT2D eigenvalue weighted by atomic mass is 16.4. The van der Waals surface area contributed by atoms with E-state index in [4.69, 9.17) is 17.2 Å². The molecule has 39 heavy (non-hydrogen) atoms. The van der Waals surface area contributed by atoms with Crippen LogP contribution in [-0.4, -0.2) is 80.5 Å². The van der Waals surface area contributed by atoms with Gasteiger partial charge in [0, 0.05) is 24.9 Å². The number of guanidine groups is 1. The van der Waals surface area contributed by atoms with Gasteiger partial charge in [-0.1, -0.05) is 12.1 Å². The molecule has 4 atom stereocenters. The highest BCUT2D eigenvalue weighted by molar-refractivity contribution is 5.94. The number of hydrogen-bond acceptors (Lipinski definition) is 8. The Morgan fingerprint density at radius 1 is 1.00 bits per heavy atom. The number of nitrogens with zero attached hydrogens (tertiary/aromatic N) is 2. The SMILES string of the molecule is CC(NC(=O)C(CCCN=C(N)N)NC(=O)C(N)Cc1ccc(O)cc1)C(=O)NC(Cc1cnc[nH]1)C(=O)O. The van der Waals surface area contributed by atoms with Crippen molar-refractivity contribution in [2.24, 2.45) is 22.2 Å². The monoisotopic (exact) mass is 545 g/mol. The first kappa shape index (κ1) is 30.6. The average Bonchev–Trinajstić information content (AvgIpc) is 3.39. The number of carbonyl (C=O) groups excluding carboxylic acids is 3. The van der Waals surface area contributed by atoms with Crippen molar-refractivity contribution in [2.45, 2.75) is 56.8 Å². The Morgan fingerprint density at radius 3 is 2.26 bits per heavy atom. The first-order valence-corrected chi connectivity index (χ1v) is 12.2. The summed E-state index contributed by atoms with van der Waals surface area (Å²) >= 11 is 0. The number of carboxylic acids is 1. The Balaban J connectivity index is 2.02. The Hall–Kier alpha value is -4.66. The van der Waals surface area contributed by atoms with Crippen LogP contribution in [0.2, 0.25) is 0 Å². The molecule has 0 aliphatic rings. The zero-order chi connectivity index (χ0) is 28.9. The number of hydrogen-bond donors (Lipinski definition) is 9. The Morgan fingerprint density at radius 2 is 1.67 bits per heavy atom. The van der Waals surface area contributed by atoms with Gasteiger partial charge in [-0.2, -0.15) is 0 Å². The molecule has 0 aliphatic heterocycles. The summed E-state index contributed by atoms with van der Waals surface area (Å²) in [5.41, 5.74) is 17.9. The van der Waals surface area contributed by atoms with Crippen molar-refractivity contribution in [3.8, 4) is 5.75 Å². The molecule has 0 radical (unpaired) electrons. The van der Waals surface area contributed by atoms with Crippen molar-refractivity contribution in [1.29, 1.82) is 0 Å². The van der Waals surface area contributed by atoms with Crippen LogP contribution in [0.4, 0.5) is 0 Å². The van der Waals surface area contributed by atoms with Crippen molar-refractivity contribution in [1.82, 2.24) is 25.9 Å². The molecule has 0 aliphatic carbocycles. The van der Waals surface area contributed by atoms with Gasteiger partial charge in [-0.3, -0.25) is 19.4 Å². The average molecular weight is 546 g/mol. The number of aliphatic imine (C=N–C) groups is 1. The quantitative estimate of drug-likeness (QED) is 0.0664. The van der Waals surface area contributed by atoms with Crippen LogP contribution in [-0.2, 0) is 32.0 Å². The first-order valence-electron chi connectivity index (χ1n) is 12.2. The van der Waals surface area contributed by atoms with Crippen LogP contribution >= 0.6 is 0 Å². The molecule has 0 bridgehead atoms. The van der Waals surface area contributed by atoms with Crippen molar-refractivity contribution in [3.63, 3.8) is 0 Å². The zero-order valence-electron chi connectivity index (χ0n) is 21.5. The summed E-state index contributed by atoms with van der Waals surface area (Å²) in [7, 11) is 0. The second-order valence-corrected chi connectivity index (χ2v) is 8.90. The summed E-state index contributed by atoms with van der Waals surface area (Å²) in [5, 5.41) is 26.4. The lowest BCUT2D eigenvalue weighted by atomic mass is 10.0. The van der Waals surface area contributed by atoms with Crippen LogP contribution in [0.1, 0.15) is 31.0 Å². The molecule has 2 rings (SSSR count).